The molecule has 0 spiro atoms. The molecule has 2 unspecified atom stereocenters. The number of hydrogen-bond donors (Lipinski definition) is 1. The summed E-state index contributed by atoms with van der Waals surface area (Å²) in [5.74, 6) is 1.24. The molecule has 4 aliphatic rings. The molecule has 1 heterocycles. The molecular formula is C13H22BNO3. The molecular weight excluding hydrogens is 229 g/mol. The Labute approximate surface area is 109 Å². The van der Waals surface area contributed by atoms with E-state index in [-0.39, 0.29) is 24.8 Å². The average molecular weight is 251 g/mol. The second kappa shape index (κ2) is 3.73. The van der Waals surface area contributed by atoms with Crippen LogP contribution in [0.5, 0.6) is 0 Å². The third-order valence-corrected chi connectivity index (χ3v) is 5.71. The Morgan fingerprint density at radius 1 is 1.39 bits per heavy atom. The second-order valence-electron chi connectivity index (χ2n) is 6.91. The molecule has 4 nitrogen and oxygen atoms in total. The van der Waals surface area contributed by atoms with Crippen LogP contribution in [0.1, 0.15) is 40.5 Å². The van der Waals surface area contributed by atoms with Gasteiger partial charge >= 0.3 is 7.12 Å². The van der Waals surface area contributed by atoms with Gasteiger partial charge in [-0.3, -0.25) is 4.79 Å². The van der Waals surface area contributed by atoms with Gasteiger partial charge in [-0.25, -0.2) is 0 Å². The van der Waals surface area contributed by atoms with Gasteiger partial charge in [-0.1, -0.05) is 13.8 Å². The summed E-state index contributed by atoms with van der Waals surface area (Å²) in [6.07, 6.45) is 3.25. The Hall–Kier alpha value is -0.545. The number of carbonyl (C=O) groups excluding carboxylic acids is 1. The minimum atomic E-state index is -0.305. The van der Waals surface area contributed by atoms with Crippen molar-refractivity contribution in [3.05, 3.63) is 0 Å². The summed E-state index contributed by atoms with van der Waals surface area (Å²) in [4.78, 5) is 10.5. The summed E-state index contributed by atoms with van der Waals surface area (Å²) < 4.78 is 12.2. The largest absolute Gasteiger partial charge is 0.481 e. The van der Waals surface area contributed by atoms with E-state index in [4.69, 9.17) is 9.31 Å². The van der Waals surface area contributed by atoms with E-state index < -0.39 is 0 Å². The fraction of sp³-hybridized carbons (Fsp3) is 0.923. The van der Waals surface area contributed by atoms with Crippen LogP contribution in [0.3, 0.4) is 0 Å². The van der Waals surface area contributed by atoms with Gasteiger partial charge in [-0.2, -0.15) is 0 Å². The zero-order valence-corrected chi connectivity index (χ0v) is 11.6. The lowest BCUT2D eigenvalue weighted by atomic mass is 9.43. The first kappa shape index (κ1) is 12.5. The third kappa shape index (κ3) is 1.43. The van der Waals surface area contributed by atoms with Gasteiger partial charge in [0.1, 0.15) is 0 Å². The van der Waals surface area contributed by atoms with Crippen LogP contribution in [0.2, 0.25) is 0 Å². The number of carbonyl (C=O) groups is 1. The number of rotatable bonds is 3. The van der Waals surface area contributed by atoms with Crippen LogP contribution in [0, 0.1) is 17.3 Å². The molecule has 100 valence electrons. The molecule has 18 heavy (non-hydrogen) atoms. The van der Waals surface area contributed by atoms with Crippen molar-refractivity contribution in [1.82, 2.24) is 5.32 Å². The molecule has 5 atom stereocenters. The van der Waals surface area contributed by atoms with Crippen LogP contribution in [-0.2, 0) is 14.1 Å². The van der Waals surface area contributed by atoms with Gasteiger partial charge in [0, 0.05) is 0 Å². The van der Waals surface area contributed by atoms with Gasteiger partial charge in [0.15, 0.2) is 0 Å². The van der Waals surface area contributed by atoms with Crippen molar-refractivity contribution in [3.8, 4) is 0 Å². The van der Waals surface area contributed by atoms with E-state index in [1.807, 2.05) is 6.92 Å². The first-order valence-corrected chi connectivity index (χ1v) is 6.92. The first-order chi connectivity index (χ1) is 8.39. The lowest BCUT2D eigenvalue weighted by Crippen LogP contribution is -2.65. The molecule has 1 amide bonds. The van der Waals surface area contributed by atoms with Crippen LogP contribution >= 0.6 is 0 Å². The van der Waals surface area contributed by atoms with Gasteiger partial charge < -0.3 is 14.6 Å². The molecule has 3 saturated carbocycles. The monoisotopic (exact) mass is 251 g/mol. The fourth-order valence-electron chi connectivity index (χ4n) is 4.30. The van der Waals surface area contributed by atoms with Gasteiger partial charge in [0.05, 0.1) is 17.6 Å². The molecule has 0 aromatic heterocycles. The van der Waals surface area contributed by atoms with E-state index in [1.165, 1.54) is 6.42 Å². The Morgan fingerprint density at radius 2 is 2.11 bits per heavy atom. The van der Waals surface area contributed by atoms with Gasteiger partial charge in [-0.15, -0.1) is 0 Å². The number of nitrogens with one attached hydrogen (secondary N) is 1. The van der Waals surface area contributed by atoms with Gasteiger partial charge in [-0.05, 0) is 43.9 Å². The highest BCUT2D eigenvalue weighted by molar-refractivity contribution is 6.47. The molecule has 0 radical (unpaired) electrons. The molecule has 4 fully saturated rings. The maximum Gasteiger partial charge on any atom is 0.481 e. The number of hydrogen-bond acceptors (Lipinski definition) is 3. The van der Waals surface area contributed by atoms with Gasteiger partial charge in [0.2, 0.25) is 6.41 Å². The molecule has 0 aromatic carbocycles. The van der Waals surface area contributed by atoms with Crippen molar-refractivity contribution in [2.45, 2.75) is 58.2 Å². The van der Waals surface area contributed by atoms with Crippen LogP contribution in [-0.4, -0.2) is 31.2 Å². The summed E-state index contributed by atoms with van der Waals surface area (Å²) in [6, 6.07) is 0. The van der Waals surface area contributed by atoms with E-state index in [1.54, 1.807) is 0 Å². The zero-order valence-electron chi connectivity index (χ0n) is 11.6. The molecule has 0 aromatic rings. The van der Waals surface area contributed by atoms with Gasteiger partial charge in [0.25, 0.3) is 0 Å². The molecule has 2 bridgehead atoms. The zero-order chi connectivity index (χ0) is 13.1. The molecule has 1 N–H and O–H groups in total. The second-order valence-corrected chi connectivity index (χ2v) is 6.91. The molecule has 3 aliphatic carbocycles. The fourth-order valence-corrected chi connectivity index (χ4v) is 4.30. The lowest BCUT2D eigenvalue weighted by molar-refractivity contribution is -0.199. The van der Waals surface area contributed by atoms with E-state index in [9.17, 15) is 4.79 Å². The lowest BCUT2D eigenvalue weighted by Gasteiger charge is -2.64. The van der Waals surface area contributed by atoms with Crippen molar-refractivity contribution < 1.29 is 14.1 Å². The van der Waals surface area contributed by atoms with E-state index in [2.05, 4.69) is 26.1 Å². The minimum Gasteiger partial charge on any atom is -0.404 e. The quantitative estimate of drug-likeness (QED) is 0.609. The molecule has 1 saturated heterocycles. The summed E-state index contributed by atoms with van der Waals surface area (Å²) in [5, 5.41) is 2.73. The molecule has 1 aliphatic heterocycles. The third-order valence-electron chi connectivity index (χ3n) is 5.71. The Morgan fingerprint density at radius 3 is 2.72 bits per heavy atom. The number of amides is 1. The predicted molar refractivity (Wildman–Crippen MR) is 68.8 cm³/mol. The van der Waals surface area contributed by atoms with Crippen LogP contribution in [0.25, 0.3) is 0 Å². The average Bonchev–Trinajstić information content (AvgIpc) is 2.65. The minimum absolute atomic E-state index is 0.0924. The topological polar surface area (TPSA) is 47.6 Å². The Balaban J connectivity index is 1.78. The molecule has 4 rings (SSSR count). The SMILES string of the molecule is C[C@H](NC=O)B1O[C@@H]2CC3CC(C3(C)C)[C@]2(C)O1. The van der Waals surface area contributed by atoms with Crippen LogP contribution < -0.4 is 5.32 Å². The summed E-state index contributed by atoms with van der Waals surface area (Å²) >= 11 is 0. The van der Waals surface area contributed by atoms with Crippen molar-refractivity contribution in [2.24, 2.45) is 17.3 Å². The Bertz CT molecular complexity index is 375. The first-order valence-electron chi connectivity index (χ1n) is 6.92. The standard InChI is InChI=1S/C13H22BNO3/c1-8(15-7-16)14-17-11-6-9-5-10(12(9,2)3)13(11,4)18-14/h7-11H,5-6H2,1-4H3,(H,15,16)/t8-,9?,10?,11+,13-/m0/s1. The Kier molecular flexibility index (Phi) is 2.59. The highest BCUT2D eigenvalue weighted by atomic mass is 16.7. The summed E-state index contributed by atoms with van der Waals surface area (Å²) in [5.41, 5.74) is 0.187. The van der Waals surface area contributed by atoms with Crippen molar-refractivity contribution >= 4 is 13.5 Å². The van der Waals surface area contributed by atoms with Crippen LogP contribution in [0.15, 0.2) is 0 Å². The van der Waals surface area contributed by atoms with Crippen molar-refractivity contribution in [1.29, 1.82) is 0 Å². The summed E-state index contributed by atoms with van der Waals surface area (Å²) in [6.45, 7) is 8.80. The maximum absolute atomic E-state index is 10.5. The van der Waals surface area contributed by atoms with Crippen molar-refractivity contribution in [3.63, 3.8) is 0 Å². The summed E-state index contributed by atoms with van der Waals surface area (Å²) in [7, 11) is -0.305. The highest BCUT2D eigenvalue weighted by Crippen LogP contribution is 2.65. The van der Waals surface area contributed by atoms with E-state index in [0.29, 0.717) is 17.7 Å². The van der Waals surface area contributed by atoms with Crippen molar-refractivity contribution in [2.75, 3.05) is 0 Å². The molecule has 5 heteroatoms. The smallest absolute Gasteiger partial charge is 0.404 e. The predicted octanol–water partition coefficient (Wildman–Crippen LogP) is 1.39. The van der Waals surface area contributed by atoms with E-state index in [0.717, 1.165) is 12.3 Å². The normalized spacial score (nSPS) is 46.0. The van der Waals surface area contributed by atoms with E-state index >= 15 is 0 Å². The van der Waals surface area contributed by atoms with Crippen LogP contribution in [0.4, 0.5) is 0 Å². The highest BCUT2D eigenvalue weighted by Gasteiger charge is 2.68. The maximum atomic E-state index is 10.5.